The third-order valence-corrected chi connectivity index (χ3v) is 2.51. The highest BCUT2D eigenvalue weighted by molar-refractivity contribution is 5.29. The van der Waals surface area contributed by atoms with Crippen LogP contribution in [0.4, 0.5) is 5.82 Å². The van der Waals surface area contributed by atoms with Crippen LogP contribution in [0.3, 0.4) is 0 Å². The van der Waals surface area contributed by atoms with Gasteiger partial charge in [-0.15, -0.1) is 0 Å². The minimum absolute atomic E-state index is 0.518. The van der Waals surface area contributed by atoms with Crippen LogP contribution in [-0.2, 0) is 13.0 Å². The Morgan fingerprint density at radius 2 is 2.18 bits per heavy atom. The minimum Gasteiger partial charge on any atom is -0.384 e. The van der Waals surface area contributed by atoms with Crippen molar-refractivity contribution in [2.45, 2.75) is 33.2 Å². The Balaban J connectivity index is 2.22. The van der Waals surface area contributed by atoms with Crippen LogP contribution in [0.25, 0.3) is 0 Å². The Bertz CT molecular complexity index is 483. The van der Waals surface area contributed by atoms with E-state index in [9.17, 15) is 0 Å². The van der Waals surface area contributed by atoms with Crippen molar-refractivity contribution in [1.82, 2.24) is 19.5 Å². The van der Waals surface area contributed by atoms with E-state index < -0.39 is 0 Å². The van der Waals surface area contributed by atoms with E-state index >= 15 is 0 Å². The number of rotatable bonds is 4. The molecule has 17 heavy (non-hydrogen) atoms. The average Bonchev–Trinajstić information content (AvgIpc) is 2.65. The Kier molecular flexibility index (Phi) is 3.37. The molecule has 0 amide bonds. The Hall–Kier alpha value is -1.91. The summed E-state index contributed by atoms with van der Waals surface area (Å²) in [6.45, 7) is 4.68. The third-order valence-electron chi connectivity index (χ3n) is 2.51. The number of nitrogen functional groups attached to an aromatic ring is 1. The minimum atomic E-state index is 0.518. The van der Waals surface area contributed by atoms with Gasteiger partial charge in [-0.2, -0.15) is 0 Å². The lowest BCUT2D eigenvalue weighted by Gasteiger charge is -2.07. The molecule has 2 N–H and O–H groups in total. The zero-order valence-electron chi connectivity index (χ0n) is 10.2. The summed E-state index contributed by atoms with van der Waals surface area (Å²) in [6, 6.07) is 1.77. The van der Waals surface area contributed by atoms with E-state index in [1.165, 1.54) is 0 Å². The van der Waals surface area contributed by atoms with Crippen LogP contribution in [0.15, 0.2) is 18.5 Å². The lowest BCUT2D eigenvalue weighted by molar-refractivity contribution is 0.676. The van der Waals surface area contributed by atoms with E-state index in [1.807, 2.05) is 19.3 Å². The Morgan fingerprint density at radius 3 is 2.88 bits per heavy atom. The highest BCUT2D eigenvalue weighted by Gasteiger charge is 2.05. The van der Waals surface area contributed by atoms with Gasteiger partial charge in [0.15, 0.2) is 5.82 Å². The predicted octanol–water partition coefficient (Wildman–Crippen LogP) is 1.56. The van der Waals surface area contributed by atoms with Crippen molar-refractivity contribution in [2.24, 2.45) is 0 Å². The number of anilines is 1. The van der Waals surface area contributed by atoms with Crippen molar-refractivity contribution >= 4 is 5.82 Å². The van der Waals surface area contributed by atoms with Crippen LogP contribution in [0.1, 0.15) is 30.7 Å². The van der Waals surface area contributed by atoms with Crippen LogP contribution in [0.2, 0.25) is 0 Å². The first-order chi connectivity index (χ1) is 8.19. The molecule has 0 fully saturated rings. The molecule has 5 nitrogen and oxygen atoms in total. The zero-order valence-corrected chi connectivity index (χ0v) is 10.2. The first kappa shape index (κ1) is 11.6. The van der Waals surface area contributed by atoms with Gasteiger partial charge < -0.3 is 10.3 Å². The maximum absolute atomic E-state index is 5.71. The lowest BCUT2D eigenvalue weighted by atomic mass is 10.3. The fourth-order valence-corrected chi connectivity index (χ4v) is 1.81. The molecule has 0 aromatic carbocycles. The van der Waals surface area contributed by atoms with E-state index in [0.717, 1.165) is 30.2 Å². The van der Waals surface area contributed by atoms with E-state index in [4.69, 9.17) is 5.73 Å². The largest absolute Gasteiger partial charge is 0.384 e. The summed E-state index contributed by atoms with van der Waals surface area (Å²) in [7, 11) is 0. The van der Waals surface area contributed by atoms with Gasteiger partial charge in [-0.25, -0.2) is 15.0 Å². The van der Waals surface area contributed by atoms with Gasteiger partial charge in [0, 0.05) is 30.6 Å². The fraction of sp³-hybridized carbons (Fsp3) is 0.417. The molecule has 90 valence electrons. The van der Waals surface area contributed by atoms with Gasteiger partial charge in [0.1, 0.15) is 11.6 Å². The molecule has 0 atom stereocenters. The van der Waals surface area contributed by atoms with Gasteiger partial charge in [-0.1, -0.05) is 6.92 Å². The molecule has 2 rings (SSSR count). The normalized spacial score (nSPS) is 10.7. The maximum atomic E-state index is 5.71. The molecule has 0 saturated heterocycles. The van der Waals surface area contributed by atoms with Crippen LogP contribution < -0.4 is 5.73 Å². The van der Waals surface area contributed by atoms with Gasteiger partial charge in [-0.05, 0) is 13.3 Å². The second-order valence-electron chi connectivity index (χ2n) is 4.07. The van der Waals surface area contributed by atoms with Crippen molar-refractivity contribution in [1.29, 1.82) is 0 Å². The van der Waals surface area contributed by atoms with Crippen LogP contribution in [-0.4, -0.2) is 19.5 Å². The summed E-state index contributed by atoms with van der Waals surface area (Å²) in [5, 5.41) is 0. The van der Waals surface area contributed by atoms with Crippen molar-refractivity contribution in [3.63, 3.8) is 0 Å². The van der Waals surface area contributed by atoms with Gasteiger partial charge in [0.25, 0.3) is 0 Å². The molecule has 0 radical (unpaired) electrons. The van der Waals surface area contributed by atoms with Crippen molar-refractivity contribution < 1.29 is 0 Å². The summed E-state index contributed by atoms with van der Waals surface area (Å²) in [5.74, 6) is 2.32. The summed E-state index contributed by atoms with van der Waals surface area (Å²) >= 11 is 0. The molecule has 2 heterocycles. The van der Waals surface area contributed by atoms with Gasteiger partial charge in [0.2, 0.25) is 0 Å². The number of nitrogens with zero attached hydrogens (tertiary/aromatic N) is 4. The number of hydrogen-bond acceptors (Lipinski definition) is 4. The monoisotopic (exact) mass is 231 g/mol. The molecule has 2 aromatic heterocycles. The standard InChI is InChI=1S/C12H17N5/c1-3-4-12-14-5-6-17(12)8-11-15-9(2)7-10(13)16-11/h5-7H,3-4,8H2,1-2H3,(H2,13,15,16). The molecule has 2 aromatic rings. The average molecular weight is 231 g/mol. The molecule has 0 saturated carbocycles. The second kappa shape index (κ2) is 4.95. The van der Waals surface area contributed by atoms with E-state index in [0.29, 0.717) is 12.4 Å². The molecular weight excluding hydrogens is 214 g/mol. The van der Waals surface area contributed by atoms with Crippen molar-refractivity contribution in [2.75, 3.05) is 5.73 Å². The fourth-order valence-electron chi connectivity index (χ4n) is 1.81. The molecular formula is C12H17N5. The number of aryl methyl sites for hydroxylation is 2. The molecule has 0 aliphatic carbocycles. The van der Waals surface area contributed by atoms with Gasteiger partial charge >= 0.3 is 0 Å². The van der Waals surface area contributed by atoms with Crippen LogP contribution in [0, 0.1) is 6.92 Å². The van der Waals surface area contributed by atoms with Gasteiger partial charge in [0.05, 0.1) is 6.54 Å². The SMILES string of the molecule is CCCc1nccn1Cc1nc(C)cc(N)n1. The molecule has 0 bridgehead atoms. The van der Waals surface area contributed by atoms with E-state index in [-0.39, 0.29) is 0 Å². The highest BCUT2D eigenvalue weighted by Crippen LogP contribution is 2.07. The number of aromatic nitrogens is 4. The number of imidazole rings is 1. The number of hydrogen-bond donors (Lipinski definition) is 1. The summed E-state index contributed by atoms with van der Waals surface area (Å²) in [5.41, 5.74) is 6.60. The summed E-state index contributed by atoms with van der Waals surface area (Å²) < 4.78 is 2.07. The Morgan fingerprint density at radius 1 is 1.35 bits per heavy atom. The molecule has 0 unspecified atom stereocenters. The number of nitrogens with two attached hydrogens (primary N) is 1. The molecule has 0 aliphatic heterocycles. The van der Waals surface area contributed by atoms with Gasteiger partial charge in [-0.3, -0.25) is 0 Å². The second-order valence-corrected chi connectivity index (χ2v) is 4.07. The van der Waals surface area contributed by atoms with E-state index in [1.54, 1.807) is 6.07 Å². The Labute approximate surface area is 101 Å². The predicted molar refractivity (Wildman–Crippen MR) is 66.5 cm³/mol. The van der Waals surface area contributed by atoms with E-state index in [2.05, 4.69) is 26.4 Å². The molecule has 5 heteroatoms. The topological polar surface area (TPSA) is 69.6 Å². The van der Waals surface area contributed by atoms with Crippen molar-refractivity contribution in [3.8, 4) is 0 Å². The third kappa shape index (κ3) is 2.81. The molecule has 0 aliphatic rings. The van der Waals surface area contributed by atoms with Crippen molar-refractivity contribution in [3.05, 3.63) is 35.8 Å². The van der Waals surface area contributed by atoms with Crippen LogP contribution >= 0.6 is 0 Å². The van der Waals surface area contributed by atoms with Crippen LogP contribution in [0.5, 0.6) is 0 Å². The summed E-state index contributed by atoms with van der Waals surface area (Å²) in [6.07, 6.45) is 5.80. The summed E-state index contributed by atoms with van der Waals surface area (Å²) in [4.78, 5) is 12.9. The molecule has 0 spiro atoms. The highest BCUT2D eigenvalue weighted by atomic mass is 15.1. The first-order valence-electron chi connectivity index (χ1n) is 5.79. The first-order valence-corrected chi connectivity index (χ1v) is 5.79. The maximum Gasteiger partial charge on any atom is 0.150 e. The smallest absolute Gasteiger partial charge is 0.150 e. The quantitative estimate of drug-likeness (QED) is 0.867. The lowest BCUT2D eigenvalue weighted by Crippen LogP contribution is -2.09. The zero-order chi connectivity index (χ0) is 12.3.